The first-order valence-electron chi connectivity index (χ1n) is 6.65. The maximum atomic E-state index is 11.7. The van der Waals surface area contributed by atoms with E-state index in [1.54, 1.807) is 0 Å². The lowest BCUT2D eigenvalue weighted by Crippen LogP contribution is -2.38. The Hall–Kier alpha value is -1.88. The van der Waals surface area contributed by atoms with E-state index in [2.05, 4.69) is 5.32 Å². The van der Waals surface area contributed by atoms with E-state index in [1.165, 1.54) is 0 Å². The Balaban J connectivity index is 2.63. The predicted octanol–water partition coefficient (Wildman–Crippen LogP) is 1.27. The van der Waals surface area contributed by atoms with Crippen LogP contribution in [0.25, 0.3) is 0 Å². The minimum absolute atomic E-state index is 0.00219. The summed E-state index contributed by atoms with van der Waals surface area (Å²) in [4.78, 5) is 24.4. The maximum absolute atomic E-state index is 11.7. The second-order valence-corrected chi connectivity index (χ2v) is 5.23. The monoisotopic (exact) mass is 278 g/mol. The Kier molecular flexibility index (Phi) is 6.18. The molecule has 0 bridgehead atoms. The molecule has 1 rings (SSSR count). The highest BCUT2D eigenvalue weighted by molar-refractivity contribution is 5.78. The summed E-state index contributed by atoms with van der Waals surface area (Å²) >= 11 is 0. The lowest BCUT2D eigenvalue weighted by Gasteiger charge is -2.19. The molecule has 0 atom stereocenters. The molecule has 2 N–H and O–H groups in total. The third-order valence-electron chi connectivity index (χ3n) is 2.76. The molecular formula is C15H22N2O3. The number of hydrogen-bond acceptors (Lipinski definition) is 3. The molecule has 0 unspecified atom stereocenters. The fourth-order valence-electron chi connectivity index (χ4n) is 2.01. The molecular weight excluding hydrogens is 256 g/mol. The fraction of sp³-hybridized carbons (Fsp3) is 0.467. The first kappa shape index (κ1) is 16.2. The summed E-state index contributed by atoms with van der Waals surface area (Å²) in [7, 11) is 1.84. The van der Waals surface area contributed by atoms with Crippen molar-refractivity contribution < 1.29 is 14.7 Å². The molecule has 0 heterocycles. The molecule has 110 valence electrons. The van der Waals surface area contributed by atoms with E-state index in [9.17, 15) is 9.59 Å². The molecule has 1 amide bonds. The van der Waals surface area contributed by atoms with E-state index < -0.39 is 5.97 Å². The molecule has 5 heteroatoms. The number of nitrogens with one attached hydrogen (secondary N) is 1. The topological polar surface area (TPSA) is 69.6 Å². The van der Waals surface area contributed by atoms with E-state index in [4.69, 9.17) is 5.11 Å². The molecule has 0 fully saturated rings. The Labute approximate surface area is 119 Å². The number of carbonyl (C=O) groups is 2. The molecule has 1 aromatic carbocycles. The summed E-state index contributed by atoms with van der Waals surface area (Å²) in [5.74, 6) is -0.879. The number of carbonyl (C=O) groups excluding carboxylic acids is 1. The zero-order chi connectivity index (χ0) is 15.1. The van der Waals surface area contributed by atoms with Gasteiger partial charge in [0.25, 0.3) is 0 Å². The number of nitrogens with zero attached hydrogens (tertiary/aromatic N) is 1. The minimum Gasteiger partial charge on any atom is -0.481 e. The SMILES string of the molecule is CC(C)NC(=O)CN(C)Cc1ccccc1CC(=O)O. The summed E-state index contributed by atoms with van der Waals surface area (Å²) in [6, 6.07) is 7.53. The molecule has 0 aliphatic heterocycles. The zero-order valence-corrected chi connectivity index (χ0v) is 12.2. The summed E-state index contributed by atoms with van der Waals surface area (Å²) < 4.78 is 0. The van der Waals surface area contributed by atoms with Crippen LogP contribution in [0.5, 0.6) is 0 Å². The Morgan fingerprint density at radius 3 is 2.40 bits per heavy atom. The molecule has 0 aliphatic rings. The first-order valence-corrected chi connectivity index (χ1v) is 6.65. The highest BCUT2D eigenvalue weighted by Gasteiger charge is 2.11. The van der Waals surface area contributed by atoms with Gasteiger partial charge < -0.3 is 10.4 Å². The third kappa shape index (κ3) is 5.84. The van der Waals surface area contributed by atoms with Crippen molar-refractivity contribution in [1.82, 2.24) is 10.2 Å². The maximum Gasteiger partial charge on any atom is 0.307 e. The summed E-state index contributed by atoms with van der Waals surface area (Å²) in [5.41, 5.74) is 1.73. The van der Waals surface area contributed by atoms with E-state index >= 15 is 0 Å². The second kappa shape index (κ2) is 7.65. The number of aliphatic carboxylic acids is 1. The van der Waals surface area contributed by atoms with Crippen LogP contribution in [-0.2, 0) is 22.6 Å². The highest BCUT2D eigenvalue weighted by atomic mass is 16.4. The summed E-state index contributed by atoms with van der Waals surface area (Å²) in [5, 5.41) is 11.7. The van der Waals surface area contributed by atoms with Gasteiger partial charge in [-0.1, -0.05) is 24.3 Å². The number of hydrogen-bond donors (Lipinski definition) is 2. The number of amides is 1. The second-order valence-electron chi connectivity index (χ2n) is 5.23. The van der Waals surface area contributed by atoms with Gasteiger partial charge >= 0.3 is 5.97 Å². The number of likely N-dealkylation sites (N-methyl/N-ethyl adjacent to an activating group) is 1. The van der Waals surface area contributed by atoms with Gasteiger partial charge in [-0.15, -0.1) is 0 Å². The van der Waals surface area contributed by atoms with E-state index in [0.717, 1.165) is 11.1 Å². The van der Waals surface area contributed by atoms with Crippen LogP contribution in [0.3, 0.4) is 0 Å². The fourth-order valence-corrected chi connectivity index (χ4v) is 2.01. The quantitative estimate of drug-likeness (QED) is 0.788. The molecule has 0 saturated heterocycles. The average molecular weight is 278 g/mol. The van der Waals surface area contributed by atoms with Crippen molar-refractivity contribution in [1.29, 1.82) is 0 Å². The van der Waals surface area contributed by atoms with Gasteiger partial charge in [-0.05, 0) is 32.0 Å². The number of carboxylic acid groups (broad SMARTS) is 1. The minimum atomic E-state index is -0.849. The predicted molar refractivity (Wildman–Crippen MR) is 77.4 cm³/mol. The van der Waals surface area contributed by atoms with Gasteiger partial charge in [0, 0.05) is 12.6 Å². The van der Waals surface area contributed by atoms with Crippen LogP contribution >= 0.6 is 0 Å². The van der Waals surface area contributed by atoms with Crippen LogP contribution in [0.1, 0.15) is 25.0 Å². The molecule has 0 aromatic heterocycles. The number of benzene rings is 1. The molecule has 0 saturated carbocycles. The van der Waals surface area contributed by atoms with Gasteiger partial charge in [-0.2, -0.15) is 0 Å². The van der Waals surface area contributed by atoms with Crippen LogP contribution in [0.2, 0.25) is 0 Å². The van der Waals surface area contributed by atoms with Gasteiger partial charge in [0.2, 0.25) is 5.91 Å². The van der Waals surface area contributed by atoms with E-state index in [-0.39, 0.29) is 18.4 Å². The van der Waals surface area contributed by atoms with Crippen LogP contribution in [0.15, 0.2) is 24.3 Å². The smallest absolute Gasteiger partial charge is 0.307 e. The normalized spacial score (nSPS) is 10.8. The van der Waals surface area contributed by atoms with Crippen LogP contribution < -0.4 is 5.32 Å². The van der Waals surface area contributed by atoms with Crippen molar-refractivity contribution in [3.05, 3.63) is 35.4 Å². The van der Waals surface area contributed by atoms with Gasteiger partial charge in [0.05, 0.1) is 13.0 Å². The molecule has 0 spiro atoms. The zero-order valence-electron chi connectivity index (χ0n) is 12.2. The lowest BCUT2D eigenvalue weighted by atomic mass is 10.0. The molecule has 0 radical (unpaired) electrons. The van der Waals surface area contributed by atoms with Crippen LogP contribution in [0.4, 0.5) is 0 Å². The number of carboxylic acids is 1. The van der Waals surface area contributed by atoms with Gasteiger partial charge in [-0.3, -0.25) is 14.5 Å². The van der Waals surface area contributed by atoms with Crippen molar-refractivity contribution in [3.63, 3.8) is 0 Å². The van der Waals surface area contributed by atoms with Gasteiger partial charge in [-0.25, -0.2) is 0 Å². The molecule has 1 aromatic rings. The van der Waals surface area contributed by atoms with Crippen molar-refractivity contribution in [3.8, 4) is 0 Å². The molecule has 5 nitrogen and oxygen atoms in total. The lowest BCUT2D eigenvalue weighted by molar-refractivity contribution is -0.136. The highest BCUT2D eigenvalue weighted by Crippen LogP contribution is 2.11. The van der Waals surface area contributed by atoms with Crippen LogP contribution in [0, 0.1) is 0 Å². The Morgan fingerprint density at radius 2 is 1.85 bits per heavy atom. The van der Waals surface area contributed by atoms with E-state index in [0.29, 0.717) is 13.1 Å². The molecule has 0 aliphatic carbocycles. The molecule has 20 heavy (non-hydrogen) atoms. The first-order chi connectivity index (χ1) is 9.38. The van der Waals surface area contributed by atoms with Crippen molar-refractivity contribution in [2.75, 3.05) is 13.6 Å². The van der Waals surface area contributed by atoms with Crippen molar-refractivity contribution in [2.24, 2.45) is 0 Å². The summed E-state index contributed by atoms with van der Waals surface area (Å²) in [6.07, 6.45) is 0.00219. The van der Waals surface area contributed by atoms with Crippen molar-refractivity contribution >= 4 is 11.9 Å². The van der Waals surface area contributed by atoms with Gasteiger partial charge in [0.1, 0.15) is 0 Å². The van der Waals surface area contributed by atoms with Crippen molar-refractivity contribution in [2.45, 2.75) is 32.9 Å². The standard InChI is InChI=1S/C15H22N2O3/c1-11(2)16-14(18)10-17(3)9-13-7-5-4-6-12(13)8-15(19)20/h4-7,11H,8-10H2,1-3H3,(H,16,18)(H,19,20). The van der Waals surface area contributed by atoms with Gasteiger partial charge in [0.15, 0.2) is 0 Å². The number of rotatable bonds is 7. The van der Waals surface area contributed by atoms with E-state index in [1.807, 2.05) is 50.1 Å². The van der Waals surface area contributed by atoms with Crippen LogP contribution in [-0.4, -0.2) is 41.5 Å². The summed E-state index contributed by atoms with van der Waals surface area (Å²) in [6.45, 7) is 4.68. The largest absolute Gasteiger partial charge is 0.481 e. The Morgan fingerprint density at radius 1 is 1.25 bits per heavy atom. The average Bonchev–Trinajstić information content (AvgIpc) is 2.29. The Bertz CT molecular complexity index is 472. The third-order valence-corrected chi connectivity index (χ3v) is 2.76.